The van der Waals surface area contributed by atoms with E-state index in [1.54, 1.807) is 4.68 Å². The number of nitrogens with zero attached hydrogens (tertiary/aromatic N) is 4. The summed E-state index contributed by atoms with van der Waals surface area (Å²) in [5.41, 5.74) is 2.57. The summed E-state index contributed by atoms with van der Waals surface area (Å²) in [6, 6.07) is 17.7. The Bertz CT molecular complexity index is 1440. The number of hydrogen-bond donors (Lipinski definition) is 3. The van der Waals surface area contributed by atoms with Gasteiger partial charge in [0, 0.05) is 36.3 Å². The van der Waals surface area contributed by atoms with Crippen LogP contribution in [0, 0.1) is 0 Å². The van der Waals surface area contributed by atoms with E-state index in [1.165, 1.54) is 11.8 Å². The molecule has 42 heavy (non-hydrogen) atoms. The summed E-state index contributed by atoms with van der Waals surface area (Å²) < 4.78 is 7.46. The van der Waals surface area contributed by atoms with E-state index < -0.39 is 0 Å². The molecule has 222 valence electrons. The fourth-order valence-electron chi connectivity index (χ4n) is 4.60. The van der Waals surface area contributed by atoms with E-state index in [1.807, 2.05) is 70.2 Å². The largest absolute Gasteiger partial charge is 0.431 e. The molecule has 4 rings (SSSR count). The topological polar surface area (TPSA) is 127 Å². The highest BCUT2D eigenvalue weighted by Crippen LogP contribution is 2.25. The van der Waals surface area contributed by atoms with Gasteiger partial charge >= 0.3 is 0 Å². The van der Waals surface area contributed by atoms with E-state index in [0.29, 0.717) is 42.5 Å². The highest BCUT2D eigenvalue weighted by atomic mass is 16.4. The summed E-state index contributed by atoms with van der Waals surface area (Å²) in [5.74, 6) is 0.638. The summed E-state index contributed by atoms with van der Waals surface area (Å²) in [5, 5.41) is 14.2. The lowest BCUT2D eigenvalue weighted by molar-refractivity contribution is 0.0903. The fourth-order valence-corrected chi connectivity index (χ4v) is 4.60. The molecule has 0 aliphatic rings. The zero-order valence-corrected chi connectivity index (χ0v) is 24.9. The van der Waals surface area contributed by atoms with Crippen LogP contribution < -0.4 is 16.0 Å². The minimum atomic E-state index is -0.284. The lowest BCUT2D eigenvalue weighted by Crippen LogP contribution is -2.36. The van der Waals surface area contributed by atoms with Gasteiger partial charge in [-0.2, -0.15) is 5.10 Å². The molecule has 0 fully saturated rings. The second-order valence-electron chi connectivity index (χ2n) is 10.2. The molecule has 0 saturated heterocycles. The Morgan fingerprint density at radius 2 is 1.52 bits per heavy atom. The Morgan fingerprint density at radius 1 is 0.857 bits per heavy atom. The molecule has 2 aromatic carbocycles. The van der Waals surface area contributed by atoms with E-state index in [9.17, 15) is 9.59 Å². The van der Waals surface area contributed by atoms with Gasteiger partial charge in [-0.25, -0.2) is 14.6 Å². The molecular weight excluding hydrogens is 530 g/mol. The normalized spacial score (nSPS) is 11.3. The van der Waals surface area contributed by atoms with Crippen molar-refractivity contribution in [3.05, 3.63) is 77.9 Å². The van der Waals surface area contributed by atoms with Gasteiger partial charge in [0.25, 0.3) is 11.8 Å². The Balaban J connectivity index is 1.54. The van der Waals surface area contributed by atoms with Crippen LogP contribution in [0.25, 0.3) is 22.8 Å². The van der Waals surface area contributed by atoms with Gasteiger partial charge in [-0.05, 0) is 43.4 Å². The predicted molar refractivity (Wildman–Crippen MR) is 163 cm³/mol. The van der Waals surface area contributed by atoms with Gasteiger partial charge in [-0.3, -0.25) is 9.59 Å². The lowest BCUT2D eigenvalue weighted by Gasteiger charge is -2.14. The number of aromatic nitrogens is 4. The van der Waals surface area contributed by atoms with Crippen LogP contribution >= 0.6 is 0 Å². The number of carbonyl (C=O) groups is 2. The quantitative estimate of drug-likeness (QED) is 0.167. The van der Waals surface area contributed by atoms with Crippen LogP contribution in [-0.4, -0.2) is 50.2 Å². The molecule has 2 amide bonds. The predicted octanol–water partition coefficient (Wildman–Crippen LogP) is 5.23. The third kappa shape index (κ3) is 7.91. The van der Waals surface area contributed by atoms with Crippen LogP contribution in [0.4, 0.5) is 0 Å². The van der Waals surface area contributed by atoms with Crippen molar-refractivity contribution in [2.24, 2.45) is 0 Å². The van der Waals surface area contributed by atoms with Gasteiger partial charge in [-0.1, -0.05) is 70.2 Å². The van der Waals surface area contributed by atoms with Gasteiger partial charge in [0.15, 0.2) is 5.82 Å². The third-order valence-corrected chi connectivity index (χ3v) is 7.29. The van der Waals surface area contributed by atoms with Crippen molar-refractivity contribution in [3.63, 3.8) is 0 Å². The molecule has 0 unspecified atom stereocenters. The molecule has 2 aromatic heterocycles. The molecule has 0 spiro atoms. The minimum Gasteiger partial charge on any atom is -0.431 e. The molecule has 10 nitrogen and oxygen atoms in total. The first kappa shape index (κ1) is 30.6. The number of carbonyl (C=O) groups excluding carboxylic acids is 2. The lowest BCUT2D eigenvalue weighted by atomic mass is 10.1. The zero-order valence-electron chi connectivity index (χ0n) is 24.9. The van der Waals surface area contributed by atoms with Gasteiger partial charge < -0.3 is 20.4 Å². The zero-order chi connectivity index (χ0) is 29.9. The van der Waals surface area contributed by atoms with Crippen molar-refractivity contribution in [2.45, 2.75) is 78.6 Å². The van der Waals surface area contributed by atoms with E-state index in [2.05, 4.69) is 38.1 Å². The Labute approximate surface area is 247 Å². The van der Waals surface area contributed by atoms with E-state index >= 15 is 0 Å². The van der Waals surface area contributed by atoms with Gasteiger partial charge in [0.05, 0.1) is 12.7 Å². The molecule has 0 bridgehead atoms. The summed E-state index contributed by atoms with van der Waals surface area (Å²) in [7, 11) is 0. The third-order valence-electron chi connectivity index (χ3n) is 7.29. The van der Waals surface area contributed by atoms with Crippen LogP contribution in [0.1, 0.15) is 80.1 Å². The number of rotatable bonds is 15. The maximum atomic E-state index is 13.2. The summed E-state index contributed by atoms with van der Waals surface area (Å²) in [6.45, 7) is 9.96. The Hall–Kier alpha value is -4.31. The molecule has 3 N–H and O–H groups in total. The number of amides is 2. The first-order valence-electron chi connectivity index (χ1n) is 14.8. The number of benzene rings is 2. The maximum absolute atomic E-state index is 13.2. The van der Waals surface area contributed by atoms with E-state index in [4.69, 9.17) is 9.52 Å². The first-order chi connectivity index (χ1) is 20.4. The highest BCUT2D eigenvalue weighted by molar-refractivity contribution is 5.92. The molecular formula is C32H41N7O3. The molecule has 0 aliphatic carbocycles. The van der Waals surface area contributed by atoms with Crippen LogP contribution in [0.3, 0.4) is 0 Å². The monoisotopic (exact) mass is 571 g/mol. The van der Waals surface area contributed by atoms with Crippen LogP contribution in [0.5, 0.6) is 0 Å². The summed E-state index contributed by atoms with van der Waals surface area (Å²) >= 11 is 0. The van der Waals surface area contributed by atoms with Crippen molar-refractivity contribution in [1.29, 1.82) is 0 Å². The summed E-state index contributed by atoms with van der Waals surface area (Å²) in [6.07, 6.45) is 4.78. The fraction of sp³-hybridized carbons (Fsp3) is 0.406. The number of nitrogens with one attached hydrogen (secondary N) is 3. The second-order valence-corrected chi connectivity index (χ2v) is 10.2. The average molecular weight is 572 g/mol. The molecule has 10 heteroatoms. The van der Waals surface area contributed by atoms with Crippen molar-refractivity contribution in [1.82, 2.24) is 35.7 Å². The Kier molecular flexibility index (Phi) is 11.0. The smallest absolute Gasteiger partial charge is 0.289 e. The molecule has 0 aliphatic heterocycles. The van der Waals surface area contributed by atoms with Crippen LogP contribution in [0.2, 0.25) is 0 Å². The molecule has 0 atom stereocenters. The number of oxazole rings is 1. The van der Waals surface area contributed by atoms with Crippen molar-refractivity contribution < 1.29 is 14.0 Å². The Morgan fingerprint density at radius 3 is 2.21 bits per heavy atom. The van der Waals surface area contributed by atoms with E-state index in [0.717, 1.165) is 25.7 Å². The summed E-state index contributed by atoms with van der Waals surface area (Å²) in [4.78, 5) is 34.8. The average Bonchev–Trinajstić information content (AvgIpc) is 3.70. The molecule has 4 aromatic rings. The highest BCUT2D eigenvalue weighted by Gasteiger charge is 2.21. The number of hydrogen-bond acceptors (Lipinski definition) is 7. The van der Waals surface area contributed by atoms with Gasteiger partial charge in [-0.15, -0.1) is 0 Å². The van der Waals surface area contributed by atoms with Gasteiger partial charge in [0.1, 0.15) is 0 Å². The van der Waals surface area contributed by atoms with Crippen LogP contribution in [-0.2, 0) is 13.1 Å². The second kappa shape index (κ2) is 15.1. The standard InChI is InChI=1S/C32H41N7O3/c1-5-25(6-2)35-30(40)27-21-34-32(42-27)24-16-12-15-23(19-24)28-37-29(31(41)36-26(7-3)8-4)39(38-28)18-17-33-20-22-13-10-9-11-14-22/h9-16,19,21,25-26,33H,5-8,17-18,20H2,1-4H3,(H,35,40)(H,36,41). The molecule has 2 heterocycles. The maximum Gasteiger partial charge on any atom is 0.289 e. The van der Waals surface area contributed by atoms with Crippen molar-refractivity contribution >= 4 is 11.8 Å². The van der Waals surface area contributed by atoms with Gasteiger partial charge in [0.2, 0.25) is 17.5 Å². The molecule has 0 saturated carbocycles. The van der Waals surface area contributed by atoms with Crippen molar-refractivity contribution in [2.75, 3.05) is 6.54 Å². The van der Waals surface area contributed by atoms with E-state index in [-0.39, 0.29) is 35.5 Å². The van der Waals surface area contributed by atoms with Crippen LogP contribution in [0.15, 0.2) is 65.2 Å². The molecule has 0 radical (unpaired) electrons. The SMILES string of the molecule is CCC(CC)NC(=O)c1cnc(-c2cccc(-c3nc(C(=O)NC(CC)CC)n(CCNCc4ccccc4)n3)c2)o1. The first-order valence-corrected chi connectivity index (χ1v) is 14.8. The minimum absolute atomic E-state index is 0.0620. The van der Waals surface area contributed by atoms with Crippen molar-refractivity contribution in [3.8, 4) is 22.8 Å².